The predicted molar refractivity (Wildman–Crippen MR) is 127 cm³/mol. The number of hydrogen-bond donors (Lipinski definition) is 2. The molecule has 0 bridgehead atoms. The van der Waals surface area contributed by atoms with Crippen molar-refractivity contribution >= 4 is 11.9 Å². The standard InChI is InChI=1S/C26H43NO3/c1-4-6-7-8-9-10-11-12-13-14-15-16-17-18-19-20-21-22-24(28)27-25(26(29)30)23(3)5-2/h9-10,12-13,15-16,18-19,23,25H,4-8,11,14,17,20-22H2,1-3H3,(H,27,28)(H,29,30)/b10-9-,13-12-,16-15-,19-18-/t23-,25-/m0/s1. The summed E-state index contributed by atoms with van der Waals surface area (Å²) in [7, 11) is 0. The van der Waals surface area contributed by atoms with E-state index >= 15 is 0 Å². The smallest absolute Gasteiger partial charge is 0.326 e. The van der Waals surface area contributed by atoms with Gasteiger partial charge >= 0.3 is 5.97 Å². The Morgan fingerprint density at radius 2 is 1.30 bits per heavy atom. The van der Waals surface area contributed by atoms with E-state index in [-0.39, 0.29) is 11.8 Å². The summed E-state index contributed by atoms with van der Waals surface area (Å²) in [6.07, 6.45) is 28.0. The van der Waals surface area contributed by atoms with Crippen molar-refractivity contribution in [2.75, 3.05) is 0 Å². The first-order valence-electron chi connectivity index (χ1n) is 11.6. The Bertz CT molecular complexity index is 561. The monoisotopic (exact) mass is 417 g/mol. The molecule has 0 unspecified atom stereocenters. The van der Waals surface area contributed by atoms with Gasteiger partial charge in [-0.05, 0) is 50.9 Å². The molecule has 2 N–H and O–H groups in total. The van der Waals surface area contributed by atoms with Crippen molar-refractivity contribution in [1.82, 2.24) is 5.32 Å². The summed E-state index contributed by atoms with van der Waals surface area (Å²) in [5.74, 6) is -1.21. The summed E-state index contributed by atoms with van der Waals surface area (Å²) in [4.78, 5) is 23.1. The van der Waals surface area contributed by atoms with E-state index in [4.69, 9.17) is 0 Å². The molecule has 170 valence electrons. The van der Waals surface area contributed by atoms with Gasteiger partial charge in [-0.1, -0.05) is 88.6 Å². The normalized spacial score (nSPS) is 14.2. The van der Waals surface area contributed by atoms with Crippen molar-refractivity contribution in [3.63, 3.8) is 0 Å². The summed E-state index contributed by atoms with van der Waals surface area (Å²) >= 11 is 0. The fourth-order valence-corrected chi connectivity index (χ4v) is 2.87. The lowest BCUT2D eigenvalue weighted by Gasteiger charge is -2.19. The highest BCUT2D eigenvalue weighted by Gasteiger charge is 2.24. The molecule has 1 amide bonds. The first-order chi connectivity index (χ1) is 14.5. The van der Waals surface area contributed by atoms with Gasteiger partial charge in [0.25, 0.3) is 0 Å². The lowest BCUT2D eigenvalue weighted by atomic mass is 9.99. The van der Waals surface area contributed by atoms with Crippen LogP contribution in [0, 0.1) is 5.92 Å². The van der Waals surface area contributed by atoms with E-state index in [1.165, 1.54) is 25.7 Å². The molecule has 0 aliphatic rings. The lowest BCUT2D eigenvalue weighted by molar-refractivity contribution is -0.143. The number of allylic oxidation sites excluding steroid dienone is 8. The van der Waals surface area contributed by atoms with E-state index in [0.29, 0.717) is 6.42 Å². The molecule has 0 aromatic heterocycles. The molecule has 4 nitrogen and oxygen atoms in total. The quantitative estimate of drug-likeness (QED) is 0.191. The minimum atomic E-state index is -0.960. The predicted octanol–water partition coefficient (Wildman–Crippen LogP) is 6.75. The third-order valence-corrected chi connectivity index (χ3v) is 5.03. The second kappa shape index (κ2) is 20.2. The summed E-state index contributed by atoms with van der Waals surface area (Å²) < 4.78 is 0. The van der Waals surface area contributed by atoms with E-state index in [1.54, 1.807) is 0 Å². The fourth-order valence-electron chi connectivity index (χ4n) is 2.87. The molecule has 0 aromatic rings. The number of unbranched alkanes of at least 4 members (excludes halogenated alkanes) is 4. The average molecular weight is 418 g/mol. The second-order valence-electron chi connectivity index (χ2n) is 7.75. The molecule has 0 fully saturated rings. The van der Waals surface area contributed by atoms with Crippen molar-refractivity contribution < 1.29 is 14.7 Å². The Morgan fingerprint density at radius 3 is 1.77 bits per heavy atom. The van der Waals surface area contributed by atoms with Crippen LogP contribution >= 0.6 is 0 Å². The molecule has 0 spiro atoms. The Labute approximate surface area is 184 Å². The number of carbonyl (C=O) groups is 2. The van der Waals surface area contributed by atoms with E-state index in [1.807, 2.05) is 13.8 Å². The van der Waals surface area contributed by atoms with Gasteiger partial charge in [0.05, 0.1) is 0 Å². The van der Waals surface area contributed by atoms with Crippen molar-refractivity contribution in [1.29, 1.82) is 0 Å². The second-order valence-corrected chi connectivity index (χ2v) is 7.75. The molecule has 0 aromatic carbocycles. The van der Waals surface area contributed by atoms with Gasteiger partial charge in [-0.3, -0.25) is 4.79 Å². The highest BCUT2D eigenvalue weighted by molar-refractivity contribution is 5.83. The Morgan fingerprint density at radius 1 is 0.800 bits per heavy atom. The van der Waals surface area contributed by atoms with Crippen LogP contribution in [0.15, 0.2) is 48.6 Å². The van der Waals surface area contributed by atoms with Gasteiger partial charge in [-0.2, -0.15) is 0 Å². The van der Waals surface area contributed by atoms with Crippen LogP contribution < -0.4 is 5.32 Å². The summed E-state index contributed by atoms with van der Waals surface area (Å²) in [6, 6.07) is -0.793. The molecule has 30 heavy (non-hydrogen) atoms. The van der Waals surface area contributed by atoms with Gasteiger partial charge in [-0.25, -0.2) is 4.79 Å². The Kier molecular flexibility index (Phi) is 18.8. The molecule has 0 aliphatic heterocycles. The SMILES string of the molecule is CCCCC/C=C\C/C=C\C/C=C\C/C=C\CCCC(=O)N[C@H](C(=O)O)[C@@H](C)CC. The number of carboxylic acid groups (broad SMARTS) is 1. The highest BCUT2D eigenvalue weighted by Crippen LogP contribution is 2.09. The van der Waals surface area contributed by atoms with Gasteiger partial charge in [0.15, 0.2) is 0 Å². The zero-order valence-corrected chi connectivity index (χ0v) is 19.3. The molecule has 0 aliphatic carbocycles. The minimum Gasteiger partial charge on any atom is -0.480 e. The van der Waals surface area contributed by atoms with Crippen LogP contribution in [0.25, 0.3) is 0 Å². The molecule has 0 heterocycles. The summed E-state index contributed by atoms with van der Waals surface area (Å²) in [6.45, 7) is 6.00. The van der Waals surface area contributed by atoms with Crippen molar-refractivity contribution in [2.45, 2.75) is 97.4 Å². The van der Waals surface area contributed by atoms with Crippen LogP contribution in [-0.4, -0.2) is 23.0 Å². The van der Waals surface area contributed by atoms with Crippen LogP contribution in [0.4, 0.5) is 0 Å². The maximum absolute atomic E-state index is 11.9. The number of aliphatic carboxylic acids is 1. The topological polar surface area (TPSA) is 66.4 Å². The maximum Gasteiger partial charge on any atom is 0.326 e. The Hall–Kier alpha value is -2.10. The molecule has 4 heteroatoms. The number of rotatable bonds is 18. The lowest BCUT2D eigenvalue weighted by Crippen LogP contribution is -2.44. The molecule has 2 atom stereocenters. The van der Waals surface area contributed by atoms with Crippen LogP contribution in [0.2, 0.25) is 0 Å². The van der Waals surface area contributed by atoms with E-state index in [0.717, 1.165) is 38.5 Å². The molecular weight excluding hydrogens is 374 g/mol. The van der Waals surface area contributed by atoms with Gasteiger partial charge in [0.2, 0.25) is 5.91 Å². The first-order valence-corrected chi connectivity index (χ1v) is 11.6. The zero-order valence-electron chi connectivity index (χ0n) is 19.3. The molecular formula is C26H43NO3. The van der Waals surface area contributed by atoms with Crippen molar-refractivity contribution in [2.24, 2.45) is 5.92 Å². The zero-order chi connectivity index (χ0) is 22.5. The summed E-state index contributed by atoms with van der Waals surface area (Å²) in [5, 5.41) is 11.8. The van der Waals surface area contributed by atoms with Gasteiger partial charge in [-0.15, -0.1) is 0 Å². The number of hydrogen-bond acceptors (Lipinski definition) is 2. The number of amides is 1. The van der Waals surface area contributed by atoms with E-state index in [9.17, 15) is 14.7 Å². The Balaban J connectivity index is 3.76. The van der Waals surface area contributed by atoms with E-state index < -0.39 is 12.0 Å². The molecule has 0 rings (SSSR count). The molecule has 0 saturated heterocycles. The van der Waals surface area contributed by atoms with E-state index in [2.05, 4.69) is 60.8 Å². The van der Waals surface area contributed by atoms with Crippen molar-refractivity contribution in [3.05, 3.63) is 48.6 Å². The fraction of sp³-hybridized carbons (Fsp3) is 0.615. The van der Waals surface area contributed by atoms with Gasteiger partial charge in [0, 0.05) is 6.42 Å². The molecule has 0 saturated carbocycles. The largest absolute Gasteiger partial charge is 0.480 e. The average Bonchev–Trinajstić information content (AvgIpc) is 2.73. The number of carbonyl (C=O) groups excluding carboxylic acids is 1. The van der Waals surface area contributed by atoms with Crippen LogP contribution in [0.5, 0.6) is 0 Å². The van der Waals surface area contributed by atoms with Gasteiger partial charge in [0.1, 0.15) is 6.04 Å². The summed E-state index contributed by atoms with van der Waals surface area (Å²) in [5.41, 5.74) is 0. The third kappa shape index (κ3) is 16.8. The molecule has 0 radical (unpaired) electrons. The third-order valence-electron chi connectivity index (χ3n) is 5.03. The first kappa shape index (κ1) is 27.9. The number of carboxylic acids is 1. The van der Waals surface area contributed by atoms with Gasteiger partial charge < -0.3 is 10.4 Å². The van der Waals surface area contributed by atoms with Crippen LogP contribution in [0.3, 0.4) is 0 Å². The van der Waals surface area contributed by atoms with Crippen LogP contribution in [-0.2, 0) is 9.59 Å². The van der Waals surface area contributed by atoms with Crippen LogP contribution in [0.1, 0.15) is 91.4 Å². The maximum atomic E-state index is 11.9. The minimum absolute atomic E-state index is 0.0695. The number of nitrogens with one attached hydrogen (secondary N) is 1. The highest BCUT2D eigenvalue weighted by atomic mass is 16.4. The van der Waals surface area contributed by atoms with Crippen molar-refractivity contribution in [3.8, 4) is 0 Å².